The van der Waals surface area contributed by atoms with Crippen molar-refractivity contribution < 1.29 is 14.3 Å². The van der Waals surface area contributed by atoms with Crippen LogP contribution in [0.3, 0.4) is 0 Å². The van der Waals surface area contributed by atoms with E-state index in [0.717, 1.165) is 24.4 Å². The summed E-state index contributed by atoms with van der Waals surface area (Å²) in [5.74, 6) is 0.731. The van der Waals surface area contributed by atoms with Gasteiger partial charge in [-0.05, 0) is 30.2 Å². The molecular formula is C23H27N3O3. The van der Waals surface area contributed by atoms with Crippen LogP contribution in [0.15, 0.2) is 48.5 Å². The van der Waals surface area contributed by atoms with Gasteiger partial charge < -0.3 is 15.0 Å². The molecule has 29 heavy (non-hydrogen) atoms. The van der Waals surface area contributed by atoms with Gasteiger partial charge in [-0.1, -0.05) is 42.0 Å². The number of amides is 2. The predicted octanol–water partition coefficient (Wildman–Crippen LogP) is 1.76. The van der Waals surface area contributed by atoms with Gasteiger partial charge in [-0.2, -0.15) is 0 Å². The van der Waals surface area contributed by atoms with Crippen molar-refractivity contribution in [2.75, 3.05) is 26.7 Å². The van der Waals surface area contributed by atoms with Crippen molar-refractivity contribution in [3.63, 3.8) is 0 Å². The molecule has 0 unspecified atom stereocenters. The van der Waals surface area contributed by atoms with Crippen LogP contribution < -0.4 is 10.1 Å². The van der Waals surface area contributed by atoms with E-state index >= 15 is 0 Å². The molecule has 2 aromatic rings. The van der Waals surface area contributed by atoms with Gasteiger partial charge in [-0.15, -0.1) is 0 Å². The molecule has 2 heterocycles. The van der Waals surface area contributed by atoms with Gasteiger partial charge in [0.05, 0.1) is 7.11 Å². The van der Waals surface area contributed by atoms with Gasteiger partial charge in [0.1, 0.15) is 17.8 Å². The van der Waals surface area contributed by atoms with Gasteiger partial charge in [0, 0.05) is 32.6 Å². The van der Waals surface area contributed by atoms with Crippen LogP contribution in [-0.4, -0.2) is 60.4 Å². The first kappa shape index (κ1) is 19.5. The summed E-state index contributed by atoms with van der Waals surface area (Å²) in [6.07, 6.45) is 0.491. The number of hydrogen-bond donors (Lipinski definition) is 1. The minimum atomic E-state index is -0.504. The Kier molecular flexibility index (Phi) is 5.53. The zero-order valence-electron chi connectivity index (χ0n) is 16.9. The van der Waals surface area contributed by atoms with E-state index in [2.05, 4.69) is 41.4 Å². The van der Waals surface area contributed by atoms with E-state index < -0.39 is 12.1 Å². The molecule has 6 heteroatoms. The van der Waals surface area contributed by atoms with Crippen molar-refractivity contribution in [1.82, 2.24) is 15.1 Å². The summed E-state index contributed by atoms with van der Waals surface area (Å²) in [4.78, 5) is 29.8. The number of aryl methyl sites for hydroxylation is 1. The van der Waals surface area contributed by atoms with Crippen LogP contribution in [0.25, 0.3) is 0 Å². The van der Waals surface area contributed by atoms with Crippen LogP contribution in [-0.2, 0) is 22.6 Å². The Morgan fingerprint density at radius 2 is 1.69 bits per heavy atom. The van der Waals surface area contributed by atoms with Crippen LogP contribution in [0.2, 0.25) is 0 Å². The third-order valence-corrected chi connectivity index (χ3v) is 5.79. The molecular weight excluding hydrogens is 366 g/mol. The van der Waals surface area contributed by atoms with Crippen LogP contribution >= 0.6 is 0 Å². The highest BCUT2D eigenvalue weighted by atomic mass is 16.5. The second-order valence-corrected chi connectivity index (χ2v) is 7.88. The number of benzene rings is 2. The van der Waals surface area contributed by atoms with E-state index in [1.54, 1.807) is 12.0 Å². The number of ether oxygens (including phenoxy) is 1. The molecule has 2 saturated heterocycles. The van der Waals surface area contributed by atoms with Crippen molar-refractivity contribution >= 4 is 11.8 Å². The molecule has 6 nitrogen and oxygen atoms in total. The molecule has 0 radical (unpaired) electrons. The number of carbonyl (C=O) groups is 2. The van der Waals surface area contributed by atoms with Crippen molar-refractivity contribution in [3.05, 3.63) is 65.2 Å². The first-order chi connectivity index (χ1) is 14.0. The van der Waals surface area contributed by atoms with Crippen LogP contribution in [0.5, 0.6) is 5.75 Å². The minimum Gasteiger partial charge on any atom is -0.497 e. The molecule has 0 spiro atoms. The monoisotopic (exact) mass is 393 g/mol. The largest absolute Gasteiger partial charge is 0.497 e. The third kappa shape index (κ3) is 4.27. The molecule has 4 rings (SSSR count). The first-order valence-corrected chi connectivity index (χ1v) is 10.0. The van der Waals surface area contributed by atoms with E-state index in [1.165, 1.54) is 11.1 Å². The lowest BCUT2D eigenvalue weighted by atomic mass is 9.98. The second-order valence-electron chi connectivity index (χ2n) is 7.88. The average molecular weight is 393 g/mol. The van der Waals surface area contributed by atoms with Gasteiger partial charge in [-0.3, -0.25) is 14.5 Å². The molecule has 2 atom stereocenters. The molecule has 0 bridgehead atoms. The highest BCUT2D eigenvalue weighted by Crippen LogP contribution is 2.21. The maximum Gasteiger partial charge on any atom is 0.246 e. The predicted molar refractivity (Wildman–Crippen MR) is 111 cm³/mol. The lowest BCUT2D eigenvalue weighted by Gasteiger charge is -2.45. The molecule has 1 N–H and O–H groups in total. The van der Waals surface area contributed by atoms with E-state index in [-0.39, 0.29) is 11.8 Å². The summed E-state index contributed by atoms with van der Waals surface area (Å²) in [5.41, 5.74) is 3.46. The fraction of sp³-hybridized carbons (Fsp3) is 0.391. The summed E-state index contributed by atoms with van der Waals surface area (Å²) in [6.45, 7) is 4.80. The lowest BCUT2D eigenvalue weighted by molar-refractivity contribution is -0.153. The van der Waals surface area contributed by atoms with Crippen LogP contribution in [0.4, 0.5) is 0 Å². The molecule has 152 valence electrons. The minimum absolute atomic E-state index is 0.0143. The summed E-state index contributed by atoms with van der Waals surface area (Å²) in [5, 5.41) is 2.95. The zero-order valence-corrected chi connectivity index (χ0v) is 16.9. The third-order valence-electron chi connectivity index (χ3n) is 5.79. The SMILES string of the molecule is COc1ccc(C[C@@H]2NC(=O)[C@H]3CN(Cc4ccc(C)cc4)CCN3C2=O)cc1. The molecule has 2 aliphatic rings. The van der Waals surface area contributed by atoms with Gasteiger partial charge >= 0.3 is 0 Å². The fourth-order valence-electron chi connectivity index (χ4n) is 4.09. The standard InChI is InChI=1S/C23H27N3O3/c1-16-3-5-18(6-4-16)14-25-11-12-26-21(15-25)22(27)24-20(23(26)28)13-17-7-9-19(29-2)10-8-17/h3-10,20-21H,11-15H2,1-2H3,(H,24,27)/t20-,21+/m0/s1. The molecule has 0 aliphatic carbocycles. The van der Waals surface area contributed by atoms with Crippen molar-refractivity contribution in [2.45, 2.75) is 32.0 Å². The highest BCUT2D eigenvalue weighted by Gasteiger charge is 2.43. The number of fused-ring (bicyclic) bond motifs is 1. The van der Waals surface area contributed by atoms with Crippen LogP contribution in [0.1, 0.15) is 16.7 Å². The second kappa shape index (κ2) is 8.25. The van der Waals surface area contributed by atoms with E-state index in [4.69, 9.17) is 4.74 Å². The maximum absolute atomic E-state index is 13.0. The van der Waals surface area contributed by atoms with Gasteiger partial charge in [0.15, 0.2) is 0 Å². The molecule has 2 fully saturated rings. The number of nitrogens with one attached hydrogen (secondary N) is 1. The molecule has 2 aliphatic heterocycles. The smallest absolute Gasteiger partial charge is 0.246 e. The Hall–Kier alpha value is -2.86. The van der Waals surface area contributed by atoms with E-state index in [9.17, 15) is 9.59 Å². The normalized spacial score (nSPS) is 22.2. The van der Waals surface area contributed by atoms with Crippen molar-refractivity contribution in [1.29, 1.82) is 0 Å². The highest BCUT2D eigenvalue weighted by molar-refractivity contribution is 5.97. The fourth-order valence-corrected chi connectivity index (χ4v) is 4.09. The number of methoxy groups -OCH3 is 1. The lowest BCUT2D eigenvalue weighted by Crippen LogP contribution is -2.69. The number of hydrogen-bond acceptors (Lipinski definition) is 4. The Bertz CT molecular complexity index is 879. The Balaban J connectivity index is 1.39. The van der Waals surface area contributed by atoms with Crippen LogP contribution in [0, 0.1) is 6.92 Å². The summed E-state index contributed by atoms with van der Waals surface area (Å²) in [6, 6.07) is 15.2. The number of carbonyl (C=O) groups excluding carboxylic acids is 2. The number of nitrogens with zero attached hydrogens (tertiary/aromatic N) is 2. The maximum atomic E-state index is 13.0. The molecule has 2 amide bonds. The zero-order chi connectivity index (χ0) is 20.4. The quantitative estimate of drug-likeness (QED) is 0.841. The Labute approximate surface area is 171 Å². The number of rotatable bonds is 5. The van der Waals surface area contributed by atoms with Crippen molar-refractivity contribution in [2.24, 2.45) is 0 Å². The molecule has 0 saturated carbocycles. The average Bonchev–Trinajstić information content (AvgIpc) is 2.74. The Morgan fingerprint density at radius 3 is 2.38 bits per heavy atom. The first-order valence-electron chi connectivity index (χ1n) is 10.0. The van der Waals surface area contributed by atoms with Gasteiger partial charge in [0.25, 0.3) is 0 Å². The Morgan fingerprint density at radius 1 is 1.00 bits per heavy atom. The van der Waals surface area contributed by atoms with Gasteiger partial charge in [0.2, 0.25) is 11.8 Å². The van der Waals surface area contributed by atoms with E-state index in [0.29, 0.717) is 19.5 Å². The summed E-state index contributed by atoms with van der Waals surface area (Å²) < 4.78 is 5.18. The van der Waals surface area contributed by atoms with Crippen molar-refractivity contribution in [3.8, 4) is 5.75 Å². The van der Waals surface area contributed by atoms with E-state index in [1.807, 2.05) is 24.3 Å². The molecule has 2 aromatic carbocycles. The molecule has 0 aromatic heterocycles. The summed E-state index contributed by atoms with van der Waals surface area (Å²) >= 11 is 0. The topological polar surface area (TPSA) is 61.9 Å². The number of piperazine rings is 2. The van der Waals surface area contributed by atoms with Gasteiger partial charge in [-0.25, -0.2) is 0 Å². The summed E-state index contributed by atoms with van der Waals surface area (Å²) in [7, 11) is 1.62.